The third-order valence-electron chi connectivity index (χ3n) is 3.38. The topological polar surface area (TPSA) is 73.9 Å². The Kier molecular flexibility index (Phi) is 8.99. The van der Waals surface area contributed by atoms with Crippen LogP contribution in [0.4, 0.5) is 0 Å². The fourth-order valence-electron chi connectivity index (χ4n) is 1.95. The monoisotopic (exact) mass is 383 g/mol. The molecule has 6 nitrogen and oxygen atoms in total. The SMILES string of the molecule is CC[C@@H](C)NC(=O)COC(=O)/C=C/c1cc(Cl)c(OC(C)C)c(OC)c1. The minimum absolute atomic E-state index is 0.0397. The fraction of sp³-hybridized carbons (Fsp3) is 0.474. The van der Waals surface area contributed by atoms with Crippen molar-refractivity contribution in [1.82, 2.24) is 5.32 Å². The Balaban J connectivity index is 2.71. The van der Waals surface area contributed by atoms with Crippen LogP contribution in [0.5, 0.6) is 11.5 Å². The van der Waals surface area contributed by atoms with Crippen molar-refractivity contribution in [3.63, 3.8) is 0 Å². The lowest BCUT2D eigenvalue weighted by molar-refractivity contribution is -0.144. The molecule has 0 saturated heterocycles. The number of hydrogen-bond acceptors (Lipinski definition) is 5. The van der Waals surface area contributed by atoms with Crippen molar-refractivity contribution in [2.45, 2.75) is 46.3 Å². The number of methoxy groups -OCH3 is 1. The Hall–Kier alpha value is -2.21. The lowest BCUT2D eigenvalue weighted by Crippen LogP contribution is -2.35. The van der Waals surface area contributed by atoms with Crippen molar-refractivity contribution in [1.29, 1.82) is 0 Å². The highest BCUT2D eigenvalue weighted by atomic mass is 35.5. The number of nitrogens with one attached hydrogen (secondary N) is 1. The van der Waals surface area contributed by atoms with Crippen LogP contribution in [0.3, 0.4) is 0 Å². The average Bonchev–Trinajstić information content (AvgIpc) is 2.59. The van der Waals surface area contributed by atoms with Gasteiger partial charge in [-0.1, -0.05) is 18.5 Å². The summed E-state index contributed by atoms with van der Waals surface area (Å²) in [5.74, 6) is -0.0411. The second-order valence-electron chi connectivity index (χ2n) is 6.02. The van der Waals surface area contributed by atoms with Crippen LogP contribution in [-0.2, 0) is 14.3 Å². The fourth-order valence-corrected chi connectivity index (χ4v) is 2.22. The maximum absolute atomic E-state index is 11.8. The van der Waals surface area contributed by atoms with Gasteiger partial charge in [-0.3, -0.25) is 4.79 Å². The molecule has 1 rings (SSSR count). The van der Waals surface area contributed by atoms with Crippen LogP contribution in [0.2, 0.25) is 5.02 Å². The first-order valence-electron chi connectivity index (χ1n) is 8.45. The Morgan fingerprint density at radius 2 is 1.96 bits per heavy atom. The minimum atomic E-state index is -0.623. The Bertz CT molecular complexity index is 658. The molecule has 0 bridgehead atoms. The van der Waals surface area contributed by atoms with Crippen molar-refractivity contribution >= 4 is 29.6 Å². The number of carbonyl (C=O) groups is 2. The van der Waals surface area contributed by atoms with E-state index in [1.54, 1.807) is 12.1 Å². The Morgan fingerprint density at radius 1 is 1.27 bits per heavy atom. The van der Waals surface area contributed by atoms with Gasteiger partial charge in [0, 0.05) is 12.1 Å². The molecule has 0 spiro atoms. The summed E-state index contributed by atoms with van der Waals surface area (Å²) in [7, 11) is 1.51. The van der Waals surface area contributed by atoms with Gasteiger partial charge in [-0.15, -0.1) is 0 Å². The molecule has 1 aromatic carbocycles. The largest absolute Gasteiger partial charge is 0.493 e. The summed E-state index contributed by atoms with van der Waals surface area (Å²) in [6.07, 6.45) is 3.51. The average molecular weight is 384 g/mol. The molecule has 0 radical (unpaired) electrons. The summed E-state index contributed by atoms with van der Waals surface area (Å²) in [6.45, 7) is 7.28. The number of halogens is 1. The molecule has 0 saturated carbocycles. The van der Waals surface area contributed by atoms with Crippen LogP contribution < -0.4 is 14.8 Å². The van der Waals surface area contributed by atoms with Gasteiger partial charge in [0.1, 0.15) is 0 Å². The molecule has 0 fully saturated rings. The molecule has 0 aliphatic heterocycles. The van der Waals surface area contributed by atoms with Gasteiger partial charge < -0.3 is 19.5 Å². The number of ether oxygens (including phenoxy) is 3. The first kappa shape index (κ1) is 21.8. The van der Waals surface area contributed by atoms with Gasteiger partial charge in [0.2, 0.25) is 0 Å². The molecule has 0 heterocycles. The summed E-state index contributed by atoms with van der Waals surface area (Å²) in [5, 5.41) is 3.09. The molecule has 26 heavy (non-hydrogen) atoms. The second kappa shape index (κ2) is 10.7. The highest BCUT2D eigenvalue weighted by Gasteiger charge is 2.13. The van der Waals surface area contributed by atoms with E-state index in [1.807, 2.05) is 27.7 Å². The molecule has 7 heteroatoms. The van der Waals surface area contributed by atoms with E-state index in [0.29, 0.717) is 22.1 Å². The molecule has 0 aliphatic rings. The first-order valence-corrected chi connectivity index (χ1v) is 8.83. The summed E-state index contributed by atoms with van der Waals surface area (Å²) >= 11 is 6.23. The number of rotatable bonds is 9. The molecule has 0 unspecified atom stereocenters. The summed E-state index contributed by atoms with van der Waals surface area (Å²) < 4.78 is 15.8. The molecule has 1 N–H and O–H groups in total. The van der Waals surface area contributed by atoms with Gasteiger partial charge in [-0.2, -0.15) is 0 Å². The lowest BCUT2D eigenvalue weighted by Gasteiger charge is -2.15. The van der Waals surface area contributed by atoms with Crippen LogP contribution in [0.25, 0.3) is 6.08 Å². The van der Waals surface area contributed by atoms with Gasteiger partial charge in [-0.05, 0) is 51.0 Å². The zero-order valence-electron chi connectivity index (χ0n) is 15.8. The zero-order chi connectivity index (χ0) is 19.7. The van der Waals surface area contributed by atoms with Crippen LogP contribution in [0, 0.1) is 0 Å². The third kappa shape index (κ3) is 7.35. The number of hydrogen-bond donors (Lipinski definition) is 1. The van der Waals surface area contributed by atoms with Crippen molar-refractivity contribution in [2.24, 2.45) is 0 Å². The third-order valence-corrected chi connectivity index (χ3v) is 3.66. The molecule has 0 aliphatic carbocycles. The minimum Gasteiger partial charge on any atom is -0.493 e. The van der Waals surface area contributed by atoms with Crippen molar-refractivity contribution in [3.8, 4) is 11.5 Å². The summed E-state index contributed by atoms with van der Waals surface area (Å²) in [4.78, 5) is 23.3. The quantitative estimate of drug-likeness (QED) is 0.521. The maximum atomic E-state index is 11.8. The van der Waals surface area contributed by atoms with Gasteiger partial charge in [-0.25, -0.2) is 4.79 Å². The van der Waals surface area contributed by atoms with E-state index in [1.165, 1.54) is 19.3 Å². The molecule has 0 aromatic heterocycles. The highest BCUT2D eigenvalue weighted by Crippen LogP contribution is 2.37. The summed E-state index contributed by atoms with van der Waals surface area (Å²) in [5.41, 5.74) is 0.643. The lowest BCUT2D eigenvalue weighted by atomic mass is 10.2. The van der Waals surface area contributed by atoms with Crippen molar-refractivity contribution in [3.05, 3.63) is 28.8 Å². The second-order valence-corrected chi connectivity index (χ2v) is 6.43. The van der Waals surface area contributed by atoms with Gasteiger partial charge in [0.15, 0.2) is 18.1 Å². The molecule has 1 aromatic rings. The predicted molar refractivity (Wildman–Crippen MR) is 102 cm³/mol. The Morgan fingerprint density at radius 3 is 2.54 bits per heavy atom. The molecule has 1 atom stereocenters. The molecule has 144 valence electrons. The van der Waals surface area contributed by atoms with E-state index in [9.17, 15) is 9.59 Å². The van der Waals surface area contributed by atoms with E-state index < -0.39 is 5.97 Å². The van der Waals surface area contributed by atoms with Gasteiger partial charge >= 0.3 is 5.97 Å². The number of benzene rings is 1. The standard InChI is InChI=1S/C19H26ClNO5/c1-6-13(4)21-17(22)11-25-18(23)8-7-14-9-15(20)19(26-12(2)3)16(10-14)24-5/h7-10,12-13H,6,11H2,1-5H3,(H,21,22)/b8-7+/t13-/m1/s1. The summed E-state index contributed by atoms with van der Waals surface area (Å²) in [6, 6.07) is 3.39. The normalized spacial score (nSPS) is 12.1. The first-order chi connectivity index (χ1) is 12.3. The van der Waals surface area contributed by atoms with E-state index in [-0.39, 0.29) is 24.7 Å². The van der Waals surface area contributed by atoms with E-state index in [2.05, 4.69) is 5.32 Å². The van der Waals surface area contributed by atoms with Crippen LogP contribution in [0.1, 0.15) is 39.7 Å². The Labute approximate surface area is 159 Å². The highest BCUT2D eigenvalue weighted by molar-refractivity contribution is 6.32. The van der Waals surface area contributed by atoms with Crippen molar-refractivity contribution in [2.75, 3.05) is 13.7 Å². The van der Waals surface area contributed by atoms with E-state index >= 15 is 0 Å². The molecule has 1 amide bonds. The number of carbonyl (C=O) groups excluding carboxylic acids is 2. The molecular formula is C19H26ClNO5. The van der Waals surface area contributed by atoms with Crippen LogP contribution >= 0.6 is 11.6 Å². The van der Waals surface area contributed by atoms with E-state index in [4.69, 9.17) is 25.8 Å². The van der Waals surface area contributed by atoms with Crippen LogP contribution in [-0.4, -0.2) is 37.7 Å². The van der Waals surface area contributed by atoms with Gasteiger partial charge in [0.25, 0.3) is 5.91 Å². The smallest absolute Gasteiger partial charge is 0.331 e. The zero-order valence-corrected chi connectivity index (χ0v) is 16.6. The maximum Gasteiger partial charge on any atom is 0.331 e. The van der Waals surface area contributed by atoms with E-state index in [0.717, 1.165) is 6.42 Å². The molecular weight excluding hydrogens is 358 g/mol. The number of esters is 1. The predicted octanol–water partition coefficient (Wildman–Crippen LogP) is 3.61. The van der Waals surface area contributed by atoms with Crippen molar-refractivity contribution < 1.29 is 23.8 Å². The van der Waals surface area contributed by atoms with Gasteiger partial charge in [0.05, 0.1) is 18.2 Å². The van der Waals surface area contributed by atoms with Crippen LogP contribution in [0.15, 0.2) is 18.2 Å². The number of amides is 1.